The average molecular weight is 299 g/mol. The third-order valence-electron chi connectivity index (χ3n) is 3.42. The highest BCUT2D eigenvalue weighted by Crippen LogP contribution is 2.29. The van der Waals surface area contributed by atoms with Gasteiger partial charge in [-0.05, 0) is 28.8 Å². The van der Waals surface area contributed by atoms with E-state index in [2.05, 4.69) is 4.98 Å². The summed E-state index contributed by atoms with van der Waals surface area (Å²) >= 11 is 5.94. The number of halogens is 1. The van der Waals surface area contributed by atoms with E-state index in [1.54, 1.807) is 12.5 Å². The molecule has 4 heteroatoms. The number of aliphatic hydroxyl groups is 1. The van der Waals surface area contributed by atoms with Gasteiger partial charge in [0.05, 0.1) is 19.0 Å². The Bertz CT molecular complexity index is 708. The lowest BCUT2D eigenvalue weighted by Gasteiger charge is -2.16. The summed E-state index contributed by atoms with van der Waals surface area (Å²) in [5.74, 6) is 0. The zero-order valence-electron chi connectivity index (χ0n) is 11.4. The number of hydrogen-bond acceptors (Lipinski definition) is 2. The molecule has 0 radical (unpaired) electrons. The van der Waals surface area contributed by atoms with Crippen molar-refractivity contribution in [3.05, 3.63) is 77.8 Å². The summed E-state index contributed by atoms with van der Waals surface area (Å²) in [6, 6.07) is 15.5. The minimum Gasteiger partial charge on any atom is -0.387 e. The second-order valence-corrected chi connectivity index (χ2v) is 5.31. The largest absolute Gasteiger partial charge is 0.387 e. The Morgan fingerprint density at radius 2 is 1.86 bits per heavy atom. The van der Waals surface area contributed by atoms with Crippen LogP contribution >= 0.6 is 11.6 Å². The fourth-order valence-corrected chi connectivity index (χ4v) is 2.50. The van der Waals surface area contributed by atoms with Gasteiger partial charge in [-0.1, -0.05) is 48.0 Å². The summed E-state index contributed by atoms with van der Waals surface area (Å²) in [5.41, 5.74) is 2.95. The van der Waals surface area contributed by atoms with E-state index < -0.39 is 6.10 Å². The molecule has 0 saturated heterocycles. The molecular weight excluding hydrogens is 284 g/mol. The normalized spacial score (nSPS) is 12.3. The molecule has 21 heavy (non-hydrogen) atoms. The van der Waals surface area contributed by atoms with E-state index >= 15 is 0 Å². The number of rotatable bonds is 4. The van der Waals surface area contributed by atoms with Crippen LogP contribution in [0.2, 0.25) is 5.02 Å². The molecule has 0 amide bonds. The number of imidazole rings is 1. The molecule has 1 N–H and O–H groups in total. The van der Waals surface area contributed by atoms with E-state index in [0.29, 0.717) is 11.6 Å². The molecule has 1 unspecified atom stereocenters. The van der Waals surface area contributed by atoms with Crippen molar-refractivity contribution < 1.29 is 5.11 Å². The lowest BCUT2D eigenvalue weighted by molar-refractivity contribution is 0.157. The molecule has 1 aromatic heterocycles. The summed E-state index contributed by atoms with van der Waals surface area (Å²) in [6.07, 6.45) is 4.66. The van der Waals surface area contributed by atoms with Crippen LogP contribution in [0.25, 0.3) is 11.1 Å². The molecular formula is C17H15ClN2O. The maximum atomic E-state index is 10.5. The van der Waals surface area contributed by atoms with Crippen LogP contribution in [-0.4, -0.2) is 14.7 Å². The minimum absolute atomic E-state index is 0.477. The zero-order chi connectivity index (χ0) is 14.7. The second kappa shape index (κ2) is 6.12. The van der Waals surface area contributed by atoms with Crippen LogP contribution in [0.1, 0.15) is 11.7 Å². The quantitative estimate of drug-likeness (QED) is 0.792. The van der Waals surface area contributed by atoms with Crippen molar-refractivity contribution in [1.82, 2.24) is 9.55 Å². The van der Waals surface area contributed by atoms with Crippen LogP contribution in [-0.2, 0) is 6.54 Å². The lowest BCUT2D eigenvalue weighted by Crippen LogP contribution is -2.08. The van der Waals surface area contributed by atoms with E-state index in [4.69, 9.17) is 11.6 Å². The van der Waals surface area contributed by atoms with Crippen LogP contribution in [0.3, 0.4) is 0 Å². The molecule has 0 aliphatic heterocycles. The summed E-state index contributed by atoms with van der Waals surface area (Å²) in [5, 5.41) is 11.2. The lowest BCUT2D eigenvalue weighted by atomic mass is 9.96. The number of aliphatic hydroxyl groups excluding tert-OH is 1. The molecule has 0 spiro atoms. The molecule has 3 nitrogen and oxygen atoms in total. The van der Waals surface area contributed by atoms with Crippen LogP contribution in [0, 0.1) is 0 Å². The van der Waals surface area contributed by atoms with E-state index in [9.17, 15) is 5.11 Å². The molecule has 1 heterocycles. The highest BCUT2D eigenvalue weighted by molar-refractivity contribution is 6.30. The molecule has 0 aliphatic carbocycles. The molecule has 3 aromatic rings. The predicted molar refractivity (Wildman–Crippen MR) is 84.1 cm³/mol. The Balaban J connectivity index is 1.93. The maximum absolute atomic E-state index is 10.5. The standard InChI is InChI=1S/C17H15ClN2O/c18-14-7-5-13(6-8-14)15-3-1-2-4-16(15)17(21)11-20-10-9-19-12-20/h1-10,12,17,21H,11H2. The van der Waals surface area contributed by atoms with E-state index in [1.165, 1.54) is 0 Å². The minimum atomic E-state index is -0.592. The fraction of sp³-hybridized carbons (Fsp3) is 0.118. The van der Waals surface area contributed by atoms with Gasteiger partial charge in [0.2, 0.25) is 0 Å². The van der Waals surface area contributed by atoms with Gasteiger partial charge in [-0.3, -0.25) is 0 Å². The molecule has 0 bridgehead atoms. The van der Waals surface area contributed by atoms with Crippen molar-refractivity contribution >= 4 is 11.6 Å². The third-order valence-corrected chi connectivity index (χ3v) is 3.67. The average Bonchev–Trinajstić information content (AvgIpc) is 3.01. The molecule has 0 aliphatic rings. The van der Waals surface area contributed by atoms with Crippen LogP contribution < -0.4 is 0 Å². The number of benzene rings is 2. The zero-order valence-corrected chi connectivity index (χ0v) is 12.1. The second-order valence-electron chi connectivity index (χ2n) is 4.87. The van der Waals surface area contributed by atoms with Crippen molar-refractivity contribution in [1.29, 1.82) is 0 Å². The third kappa shape index (κ3) is 3.15. The van der Waals surface area contributed by atoms with Crippen molar-refractivity contribution in [2.75, 3.05) is 0 Å². The first-order valence-corrected chi connectivity index (χ1v) is 7.10. The van der Waals surface area contributed by atoms with Gasteiger partial charge in [0.15, 0.2) is 0 Å². The van der Waals surface area contributed by atoms with Gasteiger partial charge >= 0.3 is 0 Å². The Hall–Kier alpha value is -2.10. The van der Waals surface area contributed by atoms with Crippen molar-refractivity contribution in [3.8, 4) is 11.1 Å². The molecule has 1 atom stereocenters. The topological polar surface area (TPSA) is 38.0 Å². The molecule has 0 saturated carbocycles. The first kappa shape index (κ1) is 13.9. The van der Waals surface area contributed by atoms with Gasteiger partial charge in [0.25, 0.3) is 0 Å². The van der Waals surface area contributed by atoms with Crippen molar-refractivity contribution in [2.45, 2.75) is 12.6 Å². The van der Waals surface area contributed by atoms with Crippen molar-refractivity contribution in [3.63, 3.8) is 0 Å². The van der Waals surface area contributed by atoms with E-state index in [-0.39, 0.29) is 0 Å². The number of nitrogens with zero attached hydrogens (tertiary/aromatic N) is 2. The summed E-state index contributed by atoms with van der Waals surface area (Å²) in [7, 11) is 0. The predicted octanol–water partition coefficient (Wildman–Crippen LogP) is 3.94. The first-order valence-electron chi connectivity index (χ1n) is 6.73. The van der Waals surface area contributed by atoms with Crippen molar-refractivity contribution in [2.24, 2.45) is 0 Å². The van der Waals surface area contributed by atoms with Crippen LogP contribution in [0.4, 0.5) is 0 Å². The fourth-order valence-electron chi connectivity index (χ4n) is 2.37. The Morgan fingerprint density at radius 3 is 2.57 bits per heavy atom. The van der Waals surface area contributed by atoms with Gasteiger partial charge < -0.3 is 9.67 Å². The first-order chi connectivity index (χ1) is 10.2. The Morgan fingerprint density at radius 1 is 1.10 bits per heavy atom. The highest BCUT2D eigenvalue weighted by Gasteiger charge is 2.13. The van der Waals surface area contributed by atoms with Gasteiger partial charge in [-0.15, -0.1) is 0 Å². The Labute approximate surface area is 128 Å². The number of aromatic nitrogens is 2. The summed E-state index contributed by atoms with van der Waals surface area (Å²) in [4.78, 5) is 4.00. The van der Waals surface area contributed by atoms with E-state index in [0.717, 1.165) is 16.7 Å². The van der Waals surface area contributed by atoms with Gasteiger partial charge in [0.1, 0.15) is 0 Å². The van der Waals surface area contributed by atoms with E-state index in [1.807, 2.05) is 59.3 Å². The molecule has 2 aromatic carbocycles. The summed E-state index contributed by atoms with van der Waals surface area (Å²) < 4.78 is 1.86. The van der Waals surface area contributed by atoms with Gasteiger partial charge in [-0.2, -0.15) is 0 Å². The Kier molecular flexibility index (Phi) is 4.04. The maximum Gasteiger partial charge on any atom is 0.0975 e. The highest BCUT2D eigenvalue weighted by atomic mass is 35.5. The molecule has 106 valence electrons. The SMILES string of the molecule is OC(Cn1ccnc1)c1ccccc1-c1ccc(Cl)cc1. The number of hydrogen-bond donors (Lipinski definition) is 1. The molecule has 3 rings (SSSR count). The summed E-state index contributed by atoms with van der Waals surface area (Å²) in [6.45, 7) is 0.477. The monoisotopic (exact) mass is 298 g/mol. The van der Waals surface area contributed by atoms with Crippen LogP contribution in [0.5, 0.6) is 0 Å². The molecule has 0 fully saturated rings. The van der Waals surface area contributed by atoms with Gasteiger partial charge in [-0.25, -0.2) is 4.98 Å². The smallest absolute Gasteiger partial charge is 0.0975 e. The van der Waals surface area contributed by atoms with Crippen LogP contribution in [0.15, 0.2) is 67.3 Å². The van der Waals surface area contributed by atoms with Gasteiger partial charge in [0, 0.05) is 17.4 Å².